The Balaban J connectivity index is 1.74. The van der Waals surface area contributed by atoms with Gasteiger partial charge in [0.05, 0.1) is 31.2 Å². The van der Waals surface area contributed by atoms with Gasteiger partial charge in [-0.25, -0.2) is 4.98 Å². The minimum absolute atomic E-state index is 0.442. The van der Waals surface area contributed by atoms with Crippen molar-refractivity contribution in [2.75, 3.05) is 19.6 Å². The fourth-order valence-corrected chi connectivity index (χ4v) is 3.47. The maximum Gasteiger partial charge on any atom is 0.203 e. The summed E-state index contributed by atoms with van der Waals surface area (Å²) in [6.45, 7) is 4.20. The molecule has 0 radical (unpaired) electrons. The second-order valence-corrected chi connectivity index (χ2v) is 7.15. The molecule has 27 heavy (non-hydrogen) atoms. The van der Waals surface area contributed by atoms with Gasteiger partial charge in [-0.05, 0) is 43.2 Å². The molecular formula is C20H20ClN3O2S. The monoisotopic (exact) mass is 401 g/mol. The summed E-state index contributed by atoms with van der Waals surface area (Å²) in [5, 5.41) is 7.39. The van der Waals surface area contributed by atoms with E-state index in [0.717, 1.165) is 11.3 Å². The van der Waals surface area contributed by atoms with Gasteiger partial charge in [-0.3, -0.25) is 5.43 Å². The summed E-state index contributed by atoms with van der Waals surface area (Å²) >= 11 is 7.84. The van der Waals surface area contributed by atoms with E-state index in [1.807, 2.05) is 11.4 Å². The number of halogens is 1. The van der Waals surface area contributed by atoms with E-state index in [4.69, 9.17) is 21.1 Å². The van der Waals surface area contributed by atoms with Gasteiger partial charge in [0.15, 0.2) is 11.5 Å². The quantitative estimate of drug-likeness (QED) is 0.435. The first kappa shape index (κ1) is 19.2. The Morgan fingerprint density at radius 1 is 1.11 bits per heavy atom. The molecule has 5 nitrogen and oxygen atoms in total. The van der Waals surface area contributed by atoms with Crippen molar-refractivity contribution in [1.82, 2.24) is 4.98 Å². The van der Waals surface area contributed by atoms with Gasteiger partial charge in [-0.2, -0.15) is 5.10 Å². The molecule has 3 rings (SSSR count). The van der Waals surface area contributed by atoms with E-state index in [1.165, 1.54) is 22.5 Å². The van der Waals surface area contributed by atoms with Crippen LogP contribution in [0.15, 0.2) is 40.8 Å². The second-order valence-electron chi connectivity index (χ2n) is 5.91. The van der Waals surface area contributed by atoms with Crippen molar-refractivity contribution in [3.63, 3.8) is 0 Å². The van der Waals surface area contributed by atoms with Crippen LogP contribution in [0.25, 0.3) is 11.3 Å². The van der Waals surface area contributed by atoms with Gasteiger partial charge in [0.2, 0.25) is 5.13 Å². The van der Waals surface area contributed by atoms with E-state index in [9.17, 15) is 0 Å². The molecule has 0 aliphatic carbocycles. The predicted octanol–water partition coefficient (Wildman–Crippen LogP) is 5.54. The molecule has 0 aliphatic heterocycles. The molecular weight excluding hydrogens is 382 g/mol. The fraction of sp³-hybridized carbons (Fsp3) is 0.200. The van der Waals surface area contributed by atoms with Crippen molar-refractivity contribution < 1.29 is 9.47 Å². The van der Waals surface area contributed by atoms with Crippen LogP contribution in [0, 0.1) is 13.8 Å². The third kappa shape index (κ3) is 4.23. The summed E-state index contributed by atoms with van der Waals surface area (Å²) in [6.07, 6.45) is 1.63. The highest BCUT2D eigenvalue weighted by molar-refractivity contribution is 7.14. The van der Waals surface area contributed by atoms with Crippen molar-refractivity contribution in [3.8, 4) is 22.8 Å². The molecule has 0 amide bonds. The number of aromatic nitrogens is 1. The Bertz CT molecular complexity index is 985. The third-order valence-electron chi connectivity index (χ3n) is 4.19. The smallest absolute Gasteiger partial charge is 0.203 e. The van der Waals surface area contributed by atoms with Crippen molar-refractivity contribution in [2.45, 2.75) is 13.8 Å². The number of ether oxygens (including phenoxy) is 2. The molecule has 7 heteroatoms. The van der Waals surface area contributed by atoms with Crippen LogP contribution in [0.4, 0.5) is 5.13 Å². The Morgan fingerprint density at radius 3 is 2.63 bits per heavy atom. The van der Waals surface area contributed by atoms with Gasteiger partial charge in [0.1, 0.15) is 0 Å². The van der Waals surface area contributed by atoms with E-state index in [2.05, 4.69) is 47.6 Å². The molecule has 1 heterocycles. The number of hydrazone groups is 1. The average molecular weight is 402 g/mol. The third-order valence-corrected chi connectivity index (χ3v) is 5.32. The van der Waals surface area contributed by atoms with Crippen LogP contribution in [0.3, 0.4) is 0 Å². The van der Waals surface area contributed by atoms with Gasteiger partial charge < -0.3 is 9.47 Å². The Labute approximate surface area is 167 Å². The molecule has 0 atom stereocenters. The molecule has 1 N–H and O–H groups in total. The van der Waals surface area contributed by atoms with E-state index >= 15 is 0 Å². The molecule has 140 valence electrons. The molecule has 0 aliphatic rings. The van der Waals surface area contributed by atoms with E-state index in [-0.39, 0.29) is 0 Å². The van der Waals surface area contributed by atoms with Crippen LogP contribution in [0.5, 0.6) is 11.5 Å². The van der Waals surface area contributed by atoms with Crippen LogP contribution < -0.4 is 14.9 Å². The number of hydrogen-bond acceptors (Lipinski definition) is 6. The summed E-state index contributed by atoms with van der Waals surface area (Å²) in [5.74, 6) is 1.06. The Kier molecular flexibility index (Phi) is 5.98. The lowest BCUT2D eigenvalue weighted by molar-refractivity contribution is 0.355. The molecule has 0 spiro atoms. The number of rotatable bonds is 6. The van der Waals surface area contributed by atoms with Crippen molar-refractivity contribution >= 4 is 34.3 Å². The maximum absolute atomic E-state index is 6.35. The topological polar surface area (TPSA) is 55.7 Å². The number of methoxy groups -OCH3 is 2. The van der Waals surface area contributed by atoms with Gasteiger partial charge in [0, 0.05) is 16.5 Å². The first-order valence-electron chi connectivity index (χ1n) is 8.26. The highest BCUT2D eigenvalue weighted by atomic mass is 35.5. The first-order valence-corrected chi connectivity index (χ1v) is 9.52. The highest BCUT2D eigenvalue weighted by Crippen LogP contribution is 2.36. The highest BCUT2D eigenvalue weighted by Gasteiger charge is 2.12. The average Bonchev–Trinajstić information content (AvgIpc) is 3.14. The Hall–Kier alpha value is -2.57. The molecule has 0 saturated carbocycles. The summed E-state index contributed by atoms with van der Waals surface area (Å²) in [4.78, 5) is 4.58. The second kappa shape index (κ2) is 8.41. The van der Waals surface area contributed by atoms with Gasteiger partial charge in [-0.15, -0.1) is 11.3 Å². The Morgan fingerprint density at radius 2 is 1.93 bits per heavy atom. The lowest BCUT2D eigenvalue weighted by Gasteiger charge is -2.10. The van der Waals surface area contributed by atoms with Crippen LogP contribution >= 0.6 is 22.9 Å². The number of nitrogens with zero attached hydrogens (tertiary/aromatic N) is 2. The molecule has 3 aromatic rings. The standard InChI is InChI=1S/C20H20ClN3O2S/c1-12-5-6-14(9-13(12)2)16-11-27-20(23-16)24-22-10-15-7-8-17(25-3)19(26-4)18(15)21/h5-11H,1-4H3,(H,23,24)/b22-10-. The molecule has 0 fully saturated rings. The normalized spacial score (nSPS) is 11.0. The van der Waals surface area contributed by atoms with Crippen LogP contribution in [0.1, 0.15) is 16.7 Å². The van der Waals surface area contributed by atoms with Crippen LogP contribution in [-0.2, 0) is 0 Å². The summed E-state index contributed by atoms with van der Waals surface area (Å²) in [5.41, 5.74) is 8.19. The number of benzene rings is 2. The van der Waals surface area contributed by atoms with E-state index in [1.54, 1.807) is 26.5 Å². The molecule has 0 bridgehead atoms. The minimum atomic E-state index is 0.442. The van der Waals surface area contributed by atoms with Crippen molar-refractivity contribution in [2.24, 2.45) is 5.10 Å². The van der Waals surface area contributed by atoms with Gasteiger partial charge in [-0.1, -0.05) is 23.7 Å². The summed E-state index contributed by atoms with van der Waals surface area (Å²) in [7, 11) is 3.12. The molecule has 0 saturated heterocycles. The van der Waals surface area contributed by atoms with E-state index < -0.39 is 0 Å². The molecule has 0 unspecified atom stereocenters. The number of thiazole rings is 1. The number of anilines is 1. The van der Waals surface area contributed by atoms with Crippen LogP contribution in [-0.4, -0.2) is 25.4 Å². The van der Waals surface area contributed by atoms with Crippen molar-refractivity contribution in [3.05, 3.63) is 57.4 Å². The predicted molar refractivity (Wildman–Crippen MR) is 113 cm³/mol. The molecule has 2 aromatic carbocycles. The lowest BCUT2D eigenvalue weighted by atomic mass is 10.1. The maximum atomic E-state index is 6.35. The molecule has 1 aromatic heterocycles. The number of aryl methyl sites for hydroxylation is 2. The zero-order chi connectivity index (χ0) is 19.4. The van der Waals surface area contributed by atoms with E-state index in [0.29, 0.717) is 27.2 Å². The van der Waals surface area contributed by atoms with Crippen LogP contribution in [0.2, 0.25) is 5.02 Å². The minimum Gasteiger partial charge on any atom is -0.493 e. The number of hydrogen-bond donors (Lipinski definition) is 1. The van der Waals surface area contributed by atoms with Gasteiger partial charge >= 0.3 is 0 Å². The SMILES string of the molecule is COc1ccc(/C=N\Nc2nc(-c3ccc(C)c(C)c3)cs2)c(Cl)c1OC. The van der Waals surface area contributed by atoms with Crippen molar-refractivity contribution in [1.29, 1.82) is 0 Å². The van der Waals surface area contributed by atoms with Gasteiger partial charge in [0.25, 0.3) is 0 Å². The fourth-order valence-electron chi connectivity index (χ4n) is 2.52. The zero-order valence-electron chi connectivity index (χ0n) is 15.5. The summed E-state index contributed by atoms with van der Waals surface area (Å²) < 4.78 is 10.5. The lowest BCUT2D eigenvalue weighted by Crippen LogP contribution is -1.96. The first-order chi connectivity index (χ1) is 13.0. The largest absolute Gasteiger partial charge is 0.493 e. The number of nitrogens with one attached hydrogen (secondary N) is 1. The zero-order valence-corrected chi connectivity index (χ0v) is 17.1. The summed E-state index contributed by atoms with van der Waals surface area (Å²) in [6, 6.07) is 9.92.